The van der Waals surface area contributed by atoms with Crippen molar-refractivity contribution >= 4 is 0 Å². The Labute approximate surface area is 126 Å². The van der Waals surface area contributed by atoms with Gasteiger partial charge in [-0.05, 0) is 55.2 Å². The van der Waals surface area contributed by atoms with Gasteiger partial charge in [-0.25, -0.2) is 0 Å². The molecule has 2 aromatic rings. The van der Waals surface area contributed by atoms with Gasteiger partial charge in [0, 0.05) is 0 Å². The maximum absolute atomic E-state index is 9.16. The van der Waals surface area contributed by atoms with E-state index in [1.54, 1.807) is 13.2 Å². The van der Waals surface area contributed by atoms with Crippen LogP contribution in [0.25, 0.3) is 0 Å². The number of benzene rings is 2. The summed E-state index contributed by atoms with van der Waals surface area (Å²) in [6.45, 7) is 6.80. The first-order valence-corrected chi connectivity index (χ1v) is 7.02. The molecule has 0 aliphatic heterocycles. The third-order valence-electron chi connectivity index (χ3n) is 3.62. The Morgan fingerprint density at radius 3 is 2.19 bits per heavy atom. The summed E-state index contributed by atoms with van der Waals surface area (Å²) < 4.78 is 11.2. The number of ether oxygens (including phenoxy) is 2. The van der Waals surface area contributed by atoms with Crippen LogP contribution in [-0.4, -0.2) is 12.2 Å². The van der Waals surface area contributed by atoms with Crippen molar-refractivity contribution in [3.63, 3.8) is 0 Å². The van der Waals surface area contributed by atoms with Crippen LogP contribution in [0, 0.1) is 20.8 Å². The zero-order valence-corrected chi connectivity index (χ0v) is 13.1. The quantitative estimate of drug-likeness (QED) is 0.911. The van der Waals surface area contributed by atoms with Gasteiger partial charge < -0.3 is 14.6 Å². The minimum atomic E-state index is -0.00712. The lowest BCUT2D eigenvalue weighted by molar-refractivity contribution is 0.273. The highest BCUT2D eigenvalue weighted by molar-refractivity contribution is 5.43. The maximum atomic E-state index is 9.16. The summed E-state index contributed by atoms with van der Waals surface area (Å²) in [5.74, 6) is 1.33. The minimum absolute atomic E-state index is 0.00712. The van der Waals surface area contributed by atoms with E-state index in [0.29, 0.717) is 18.1 Å². The monoisotopic (exact) mass is 286 g/mol. The molecule has 2 rings (SSSR count). The van der Waals surface area contributed by atoms with Gasteiger partial charge in [0.25, 0.3) is 0 Å². The molecule has 0 bridgehead atoms. The molecule has 0 fully saturated rings. The standard InChI is InChI=1S/C18H22O3/c1-12-7-13(2)16(14(3)8-12)11-21-17-6-5-15(10-19)9-18(17)20-4/h5-9,19H,10-11H2,1-4H3. The molecule has 21 heavy (non-hydrogen) atoms. The first kappa shape index (κ1) is 15.4. The Morgan fingerprint density at radius 2 is 1.62 bits per heavy atom. The Morgan fingerprint density at radius 1 is 0.952 bits per heavy atom. The number of aliphatic hydroxyl groups excluding tert-OH is 1. The fraction of sp³-hybridized carbons (Fsp3) is 0.333. The summed E-state index contributed by atoms with van der Waals surface area (Å²) in [5, 5.41) is 9.16. The van der Waals surface area contributed by atoms with Crippen LogP contribution in [0.4, 0.5) is 0 Å². The molecule has 112 valence electrons. The number of rotatable bonds is 5. The van der Waals surface area contributed by atoms with Gasteiger partial charge in [-0.3, -0.25) is 0 Å². The first-order chi connectivity index (χ1) is 10.0. The summed E-state index contributed by atoms with van der Waals surface area (Å²) in [4.78, 5) is 0. The Hall–Kier alpha value is -2.00. The van der Waals surface area contributed by atoms with E-state index in [0.717, 1.165) is 5.56 Å². The predicted octanol–water partition coefficient (Wildman–Crippen LogP) is 3.69. The van der Waals surface area contributed by atoms with Crippen LogP contribution in [0.5, 0.6) is 11.5 Å². The lowest BCUT2D eigenvalue weighted by Crippen LogP contribution is -2.03. The Bertz CT molecular complexity index is 609. The van der Waals surface area contributed by atoms with Gasteiger partial charge in [-0.2, -0.15) is 0 Å². The van der Waals surface area contributed by atoms with Crippen LogP contribution in [0.3, 0.4) is 0 Å². The van der Waals surface area contributed by atoms with Crippen molar-refractivity contribution in [1.82, 2.24) is 0 Å². The average molecular weight is 286 g/mol. The lowest BCUT2D eigenvalue weighted by atomic mass is 10.0. The van der Waals surface area contributed by atoms with Crippen molar-refractivity contribution < 1.29 is 14.6 Å². The second-order valence-electron chi connectivity index (χ2n) is 5.31. The maximum Gasteiger partial charge on any atom is 0.161 e. The average Bonchev–Trinajstić information content (AvgIpc) is 2.46. The summed E-state index contributed by atoms with van der Waals surface area (Å²) in [6.07, 6.45) is 0. The number of methoxy groups -OCH3 is 1. The van der Waals surface area contributed by atoms with Gasteiger partial charge in [-0.15, -0.1) is 0 Å². The molecule has 0 spiro atoms. The minimum Gasteiger partial charge on any atom is -0.493 e. The molecule has 0 aliphatic rings. The number of aryl methyl sites for hydroxylation is 3. The molecule has 0 aromatic heterocycles. The molecule has 3 heteroatoms. The van der Waals surface area contributed by atoms with Gasteiger partial charge in [0.2, 0.25) is 0 Å². The molecule has 2 aromatic carbocycles. The van der Waals surface area contributed by atoms with Crippen LogP contribution >= 0.6 is 0 Å². The number of hydrogen-bond acceptors (Lipinski definition) is 3. The summed E-state index contributed by atoms with van der Waals surface area (Å²) >= 11 is 0. The Kier molecular flexibility index (Phi) is 4.86. The van der Waals surface area contributed by atoms with E-state index in [2.05, 4.69) is 32.9 Å². The molecule has 3 nitrogen and oxygen atoms in total. The topological polar surface area (TPSA) is 38.7 Å². The normalized spacial score (nSPS) is 10.5. The zero-order valence-electron chi connectivity index (χ0n) is 13.1. The largest absolute Gasteiger partial charge is 0.493 e. The molecule has 0 radical (unpaired) electrons. The predicted molar refractivity (Wildman–Crippen MR) is 83.9 cm³/mol. The SMILES string of the molecule is COc1cc(CO)ccc1OCc1c(C)cc(C)cc1C. The molecule has 0 saturated heterocycles. The fourth-order valence-corrected chi connectivity index (χ4v) is 2.52. The second-order valence-corrected chi connectivity index (χ2v) is 5.31. The van der Waals surface area contributed by atoms with Gasteiger partial charge in [0.15, 0.2) is 11.5 Å². The fourth-order valence-electron chi connectivity index (χ4n) is 2.52. The van der Waals surface area contributed by atoms with Gasteiger partial charge in [-0.1, -0.05) is 23.8 Å². The summed E-state index contributed by atoms with van der Waals surface area (Å²) in [7, 11) is 1.60. The van der Waals surface area contributed by atoms with Crippen molar-refractivity contribution in [3.8, 4) is 11.5 Å². The van der Waals surface area contributed by atoms with Crippen molar-refractivity contribution in [2.45, 2.75) is 34.0 Å². The van der Waals surface area contributed by atoms with E-state index in [1.807, 2.05) is 12.1 Å². The molecule has 0 aliphatic carbocycles. The molecule has 0 atom stereocenters. The highest BCUT2D eigenvalue weighted by Crippen LogP contribution is 2.29. The smallest absolute Gasteiger partial charge is 0.161 e. The summed E-state index contributed by atoms with van der Waals surface area (Å²) in [6, 6.07) is 9.80. The van der Waals surface area contributed by atoms with Crippen LogP contribution in [-0.2, 0) is 13.2 Å². The molecule has 0 saturated carbocycles. The van der Waals surface area contributed by atoms with Gasteiger partial charge >= 0.3 is 0 Å². The molecular formula is C18H22O3. The van der Waals surface area contributed by atoms with E-state index in [-0.39, 0.29) is 6.61 Å². The number of aliphatic hydroxyl groups is 1. The lowest BCUT2D eigenvalue weighted by Gasteiger charge is -2.15. The first-order valence-electron chi connectivity index (χ1n) is 7.02. The molecule has 0 heterocycles. The molecule has 0 amide bonds. The Balaban J connectivity index is 2.20. The summed E-state index contributed by atoms with van der Waals surface area (Å²) in [5.41, 5.74) is 5.74. The highest BCUT2D eigenvalue weighted by atomic mass is 16.5. The third-order valence-corrected chi connectivity index (χ3v) is 3.62. The molecule has 0 unspecified atom stereocenters. The van der Waals surface area contributed by atoms with Gasteiger partial charge in [0.1, 0.15) is 6.61 Å². The van der Waals surface area contributed by atoms with Crippen molar-refractivity contribution in [2.24, 2.45) is 0 Å². The zero-order chi connectivity index (χ0) is 15.4. The van der Waals surface area contributed by atoms with Crippen LogP contribution in [0.15, 0.2) is 30.3 Å². The van der Waals surface area contributed by atoms with E-state index in [4.69, 9.17) is 14.6 Å². The van der Waals surface area contributed by atoms with E-state index < -0.39 is 0 Å². The van der Waals surface area contributed by atoms with E-state index in [9.17, 15) is 0 Å². The van der Waals surface area contributed by atoms with Gasteiger partial charge in [0.05, 0.1) is 13.7 Å². The van der Waals surface area contributed by atoms with Crippen molar-refractivity contribution in [1.29, 1.82) is 0 Å². The van der Waals surface area contributed by atoms with Crippen LogP contribution < -0.4 is 9.47 Å². The second kappa shape index (κ2) is 6.64. The van der Waals surface area contributed by atoms with E-state index >= 15 is 0 Å². The van der Waals surface area contributed by atoms with E-state index in [1.165, 1.54) is 22.3 Å². The third kappa shape index (κ3) is 3.56. The molecular weight excluding hydrogens is 264 g/mol. The number of hydrogen-bond donors (Lipinski definition) is 1. The van der Waals surface area contributed by atoms with Crippen molar-refractivity contribution in [2.75, 3.05) is 7.11 Å². The van der Waals surface area contributed by atoms with Crippen LogP contribution in [0.1, 0.15) is 27.8 Å². The molecule has 1 N–H and O–H groups in total. The van der Waals surface area contributed by atoms with Crippen molar-refractivity contribution in [3.05, 3.63) is 58.1 Å². The highest BCUT2D eigenvalue weighted by Gasteiger charge is 2.09. The van der Waals surface area contributed by atoms with Crippen LogP contribution in [0.2, 0.25) is 0 Å².